The molecule has 0 amide bonds. The van der Waals surface area contributed by atoms with Crippen molar-refractivity contribution in [1.82, 2.24) is 0 Å². The smallest absolute Gasteiger partial charge is 0.430 e. The lowest BCUT2D eigenvalue weighted by atomic mass is 9.83. The molecule has 1 saturated heterocycles. The quantitative estimate of drug-likeness (QED) is 0.00988. The summed E-state index contributed by atoms with van der Waals surface area (Å²) >= 11 is 0. The Bertz CT molecular complexity index is 3700. The summed E-state index contributed by atoms with van der Waals surface area (Å²) in [6.45, 7) is 43.8. The number of ether oxygens (including phenoxy) is 7. The molecule has 4 atom stereocenters. The third-order valence-corrected chi connectivity index (χ3v) is 26.5. The van der Waals surface area contributed by atoms with E-state index in [1.54, 1.807) is 55.4 Å². The average Bonchev–Trinajstić information content (AvgIpc) is 0.731. The molecular formula is C88H149F30NO24S2. The van der Waals surface area contributed by atoms with Crippen LogP contribution in [0.4, 0.5) is 132 Å². The van der Waals surface area contributed by atoms with Crippen LogP contribution in [0.25, 0.3) is 0 Å². The van der Waals surface area contributed by atoms with Crippen molar-refractivity contribution in [3.05, 3.63) is 0 Å². The molecule has 4 unspecified atom stereocenters. The molecule has 872 valence electrons. The Balaban J connectivity index is -0.000000306. The molecule has 0 aromatic rings. The van der Waals surface area contributed by atoms with Gasteiger partial charge in [-0.25, -0.2) is 8.42 Å². The van der Waals surface area contributed by atoms with Crippen LogP contribution in [0.2, 0.25) is 0 Å². The molecule has 7 N–H and O–H groups in total. The molecule has 1 aliphatic rings. The lowest BCUT2D eigenvalue weighted by Crippen LogP contribution is -3.14. The van der Waals surface area contributed by atoms with E-state index in [9.17, 15) is 207 Å². The average molecular weight is 2240 g/mol. The van der Waals surface area contributed by atoms with Gasteiger partial charge in [0, 0.05) is 24.5 Å². The fraction of sp³-hybridized carbons (Fsp3) is 0.932. The highest BCUT2D eigenvalue weighted by Crippen LogP contribution is 2.56. The number of hydrogen-bond donors (Lipinski definition) is 7. The van der Waals surface area contributed by atoms with Gasteiger partial charge in [-0.3, -0.25) is 33.3 Å². The zero-order valence-electron chi connectivity index (χ0n) is 86.9. The van der Waals surface area contributed by atoms with E-state index in [1.165, 1.54) is 128 Å². The molecular weight excluding hydrogens is 2090 g/mol. The maximum absolute atomic E-state index is 12.8. The van der Waals surface area contributed by atoms with E-state index in [2.05, 4.69) is 21.1 Å². The summed E-state index contributed by atoms with van der Waals surface area (Å²) in [5.74, 6) is -6.29. The van der Waals surface area contributed by atoms with Crippen LogP contribution in [0.15, 0.2) is 0 Å². The topological polar surface area (TPSA) is 384 Å². The van der Waals surface area contributed by atoms with Gasteiger partial charge in [0.1, 0.15) is 38.4 Å². The summed E-state index contributed by atoms with van der Waals surface area (Å²) in [4.78, 5) is 72.2. The molecule has 0 spiro atoms. The highest BCUT2D eigenvalue weighted by Gasteiger charge is 2.82. The lowest BCUT2D eigenvalue weighted by Gasteiger charge is -2.44. The maximum Gasteiger partial charge on any atom is 0.430 e. The van der Waals surface area contributed by atoms with Crippen LogP contribution in [-0.2, 0) is 82.2 Å². The Labute approximate surface area is 827 Å². The van der Waals surface area contributed by atoms with Gasteiger partial charge in [0.25, 0.3) is 38.1 Å². The largest absolute Gasteiger partial charge is 0.748 e. The highest BCUT2D eigenvalue weighted by molar-refractivity contribution is 7.86. The fourth-order valence-electron chi connectivity index (χ4n) is 10.6. The maximum atomic E-state index is 12.8. The molecule has 0 bridgehead atoms. The van der Waals surface area contributed by atoms with Gasteiger partial charge in [0.15, 0.2) is 16.8 Å². The van der Waals surface area contributed by atoms with Crippen LogP contribution >= 0.6 is 0 Å². The number of alkyl halides is 30. The van der Waals surface area contributed by atoms with E-state index >= 15 is 0 Å². The minimum atomic E-state index is -6.06. The minimum absolute atomic E-state index is 0.0286. The van der Waals surface area contributed by atoms with Gasteiger partial charge in [-0.2, -0.15) is 140 Å². The van der Waals surface area contributed by atoms with Crippen LogP contribution < -0.4 is 4.90 Å². The highest BCUT2D eigenvalue weighted by atomic mass is 32.2. The zero-order chi connectivity index (χ0) is 118. The van der Waals surface area contributed by atoms with Crippen LogP contribution in [0.5, 0.6) is 0 Å². The predicted octanol–water partition coefficient (Wildman–Crippen LogP) is 21.9. The van der Waals surface area contributed by atoms with Crippen molar-refractivity contribution in [3.63, 3.8) is 0 Å². The van der Waals surface area contributed by atoms with Crippen molar-refractivity contribution in [1.29, 1.82) is 0 Å². The summed E-state index contributed by atoms with van der Waals surface area (Å²) in [6.07, 6.45) is -59.3. The summed E-state index contributed by atoms with van der Waals surface area (Å²) in [5.41, 5.74) is -41.1. The summed E-state index contributed by atoms with van der Waals surface area (Å²) < 4.78 is 476. The van der Waals surface area contributed by atoms with Crippen molar-refractivity contribution in [2.24, 2.45) is 38.9 Å². The molecule has 0 saturated carbocycles. The van der Waals surface area contributed by atoms with E-state index in [-0.39, 0.29) is 49.9 Å². The first-order valence-corrected chi connectivity index (χ1v) is 48.4. The van der Waals surface area contributed by atoms with E-state index < -0.39 is 219 Å². The summed E-state index contributed by atoms with van der Waals surface area (Å²) in [7, 11) is -7.76. The molecule has 0 aliphatic carbocycles. The molecule has 1 rings (SSSR count). The molecule has 145 heavy (non-hydrogen) atoms. The number of quaternary nitrogens is 1. The van der Waals surface area contributed by atoms with Gasteiger partial charge >= 0.3 is 97.6 Å². The van der Waals surface area contributed by atoms with E-state index in [0.717, 1.165) is 45.7 Å². The van der Waals surface area contributed by atoms with Crippen LogP contribution in [-0.4, -0.2) is 256 Å². The Morgan fingerprint density at radius 2 is 0.579 bits per heavy atom. The molecule has 0 radical (unpaired) electrons. The van der Waals surface area contributed by atoms with Crippen LogP contribution in [0.1, 0.15) is 317 Å². The molecule has 1 heterocycles. The monoisotopic (exact) mass is 2240 g/mol. The number of carbonyl (C=O) groups excluding carboxylic acids is 6. The molecule has 0 aromatic heterocycles. The van der Waals surface area contributed by atoms with Gasteiger partial charge in [-0.15, -0.1) is 0 Å². The molecule has 25 nitrogen and oxygen atoms in total. The van der Waals surface area contributed by atoms with Gasteiger partial charge in [0.05, 0.1) is 55.7 Å². The van der Waals surface area contributed by atoms with Crippen molar-refractivity contribution < 1.29 is 250 Å². The molecule has 1 aliphatic heterocycles. The van der Waals surface area contributed by atoms with E-state index in [4.69, 9.17) is 23.5 Å². The second-order valence-electron chi connectivity index (χ2n) is 39.9. The SMILES string of the molecule is CCC(C)(C)C(=O)OC(C)(C)C(O)(C(F)(F)F)C(F)(F)F.CCC(C)(C)C(=O)OC(C)(C)C(O)(C(F)(F)F)C(F)(F)F.CCC(C)(C)C(=O)OC(C)(C)C(O)(C(F)(F)F)C(F)(F)F.CCC(C)(C)C(=O)OC(CC(C)C)CC(O)(C(F)(F)F)C(F)(F)F.CCC(C)(C)C(=O)OC(CC(C)C)CC(O)(C(F)(F)F)C(F)(F)F.CCC(C)S(=O)(=O)O.CCC(C)S(=O)(=O)[O-].CCCCCCCC(=O)OCC[NH+]1CCOCC1. The number of unbranched alkanes of at least 4 members (excludes halogenated alkanes) is 4. The standard InChI is InChI=1S/2C15H24F6O3.C14H27NO3.3C12H18F6O3.2C4H10O3S/c2*1-6-12(4,5)11(22)24-10(7-9(2)3)8-13(23,14(16,17)18)15(19,20)21;1-2-3-4-5-6-7-14(16)18-13-10-15-8-11-17-12-9-15;3*1-6-8(2,3)7(19)21-9(4,5)10(20,11(13,14)15)12(16,17)18;2*1-3-4(2)8(5,6)7/h2*9-10,23H,6-8H2,1-5H3;2-13H2,1H3;3*20H,6H2,1-5H3;2*4H,3H2,1-2H3,(H,5,6,7). The molecule has 57 heteroatoms. The number of halogens is 30. The Morgan fingerprint density at radius 3 is 0.752 bits per heavy atom. The number of esters is 6. The minimum Gasteiger partial charge on any atom is -0.748 e. The number of nitrogens with one attached hydrogen (secondary N) is 1. The van der Waals surface area contributed by atoms with Crippen LogP contribution in [0, 0.1) is 38.9 Å². The third-order valence-electron chi connectivity index (χ3n) is 23.8. The Kier molecular flexibility index (Phi) is 60.1. The van der Waals surface area contributed by atoms with Gasteiger partial charge in [-0.05, 0) is 201 Å². The fourth-order valence-corrected chi connectivity index (χ4v) is 11.5. The zero-order valence-corrected chi connectivity index (χ0v) is 88.5. The van der Waals surface area contributed by atoms with E-state index in [1.807, 2.05) is 0 Å². The summed E-state index contributed by atoms with van der Waals surface area (Å²) in [6, 6.07) is 0. The van der Waals surface area contributed by atoms with Crippen molar-refractivity contribution >= 4 is 56.1 Å². The first kappa shape index (κ1) is 152. The molecule has 0 aromatic carbocycles. The normalized spacial score (nSPS) is 15.5. The Hall–Kier alpha value is -5.74. The van der Waals surface area contributed by atoms with Crippen molar-refractivity contribution in [3.8, 4) is 0 Å². The van der Waals surface area contributed by atoms with Gasteiger partial charge in [-0.1, -0.05) is 109 Å². The first-order chi connectivity index (χ1) is 63.6. The number of carbonyl (C=O) groups is 6. The first-order valence-electron chi connectivity index (χ1n) is 45.5. The van der Waals surface area contributed by atoms with Crippen molar-refractivity contribution in [2.45, 2.75) is 446 Å². The number of aliphatic hydroxyl groups is 5. The Morgan fingerprint density at radius 1 is 0.352 bits per heavy atom. The third kappa shape index (κ3) is 46.8. The van der Waals surface area contributed by atoms with Gasteiger partial charge in [0.2, 0.25) is 0 Å². The lowest BCUT2D eigenvalue weighted by molar-refractivity contribution is -0.908. The molecule has 1 fully saturated rings. The predicted molar refractivity (Wildman–Crippen MR) is 466 cm³/mol. The number of rotatable bonds is 39. The second kappa shape index (κ2) is 57.3. The van der Waals surface area contributed by atoms with Crippen LogP contribution in [0.3, 0.4) is 0 Å². The van der Waals surface area contributed by atoms with Crippen molar-refractivity contribution in [2.75, 3.05) is 39.5 Å². The second-order valence-corrected chi connectivity index (χ2v) is 43.5. The van der Waals surface area contributed by atoms with Gasteiger partial charge < -0.3 is 68.1 Å². The van der Waals surface area contributed by atoms with E-state index in [0.29, 0.717) is 80.3 Å². The number of morpholine rings is 1. The summed E-state index contributed by atoms with van der Waals surface area (Å²) in [5, 5.41) is 45.1. The number of hydrogen-bond acceptors (Lipinski definition) is 23.